The predicted molar refractivity (Wildman–Crippen MR) is 66.2 cm³/mol. The molecule has 0 unspecified atom stereocenters. The van der Waals surface area contributed by atoms with E-state index in [1.165, 1.54) is 24.3 Å². The zero-order valence-electron chi connectivity index (χ0n) is 8.95. The Hall–Kier alpha value is -1.82. The molecule has 1 heterocycles. The Bertz CT molecular complexity index is 604. The van der Waals surface area contributed by atoms with Crippen LogP contribution in [0.3, 0.4) is 0 Å². The zero-order chi connectivity index (χ0) is 13.1. The fourth-order valence-electron chi connectivity index (χ4n) is 1.31. The van der Waals surface area contributed by atoms with Crippen LogP contribution < -0.4 is 5.32 Å². The number of anilines is 1. The normalized spacial score (nSPS) is 10.2. The summed E-state index contributed by atoms with van der Waals surface area (Å²) in [4.78, 5) is 15.2. The van der Waals surface area contributed by atoms with Crippen molar-refractivity contribution in [3.05, 3.63) is 58.3 Å². The van der Waals surface area contributed by atoms with Crippen molar-refractivity contribution in [3.8, 4) is 0 Å². The molecule has 2 rings (SSSR count). The minimum atomic E-state index is -0.749. The van der Waals surface area contributed by atoms with E-state index >= 15 is 0 Å². The van der Waals surface area contributed by atoms with Gasteiger partial charge in [0, 0.05) is 4.47 Å². The quantitative estimate of drug-likeness (QED) is 0.864. The second kappa shape index (κ2) is 5.22. The number of carbonyl (C=O) groups is 1. The number of benzene rings is 1. The number of carbonyl (C=O) groups excluding carboxylic acids is 1. The molecule has 1 aromatic heterocycles. The van der Waals surface area contributed by atoms with Crippen LogP contribution in [0.25, 0.3) is 0 Å². The van der Waals surface area contributed by atoms with Crippen molar-refractivity contribution in [2.75, 3.05) is 5.32 Å². The summed E-state index contributed by atoms with van der Waals surface area (Å²) in [6, 6.07) is 7.74. The second-order valence-corrected chi connectivity index (χ2v) is 4.28. The summed E-state index contributed by atoms with van der Waals surface area (Å²) in [5, 5.41) is 2.44. The highest BCUT2D eigenvalue weighted by molar-refractivity contribution is 9.10. The van der Waals surface area contributed by atoms with Gasteiger partial charge < -0.3 is 5.32 Å². The van der Waals surface area contributed by atoms with Crippen LogP contribution in [0.5, 0.6) is 0 Å². The van der Waals surface area contributed by atoms with Gasteiger partial charge in [0.05, 0.1) is 5.69 Å². The maximum atomic E-state index is 13.0. The summed E-state index contributed by atoms with van der Waals surface area (Å²) >= 11 is 3.17. The van der Waals surface area contributed by atoms with E-state index in [0.717, 1.165) is 12.1 Å². The van der Waals surface area contributed by atoms with E-state index in [2.05, 4.69) is 26.2 Å². The van der Waals surface area contributed by atoms with Crippen molar-refractivity contribution < 1.29 is 13.6 Å². The van der Waals surface area contributed by atoms with Gasteiger partial charge in [-0.05, 0) is 46.3 Å². The van der Waals surface area contributed by atoms with Crippen molar-refractivity contribution in [2.24, 2.45) is 0 Å². The first-order valence-electron chi connectivity index (χ1n) is 4.95. The number of pyridine rings is 1. The van der Waals surface area contributed by atoms with Crippen molar-refractivity contribution in [3.63, 3.8) is 0 Å². The largest absolute Gasteiger partial charge is 0.320 e. The SMILES string of the molecule is O=C(Nc1cc(F)ccc1Br)c1cccc(F)n1. The third-order valence-electron chi connectivity index (χ3n) is 2.12. The fraction of sp³-hybridized carbons (Fsp3) is 0. The number of nitrogens with one attached hydrogen (secondary N) is 1. The molecule has 0 aliphatic carbocycles. The molecule has 1 N–H and O–H groups in total. The van der Waals surface area contributed by atoms with E-state index < -0.39 is 17.7 Å². The van der Waals surface area contributed by atoms with Crippen LogP contribution in [0, 0.1) is 11.8 Å². The van der Waals surface area contributed by atoms with Crippen molar-refractivity contribution in [1.29, 1.82) is 0 Å². The lowest BCUT2D eigenvalue weighted by Gasteiger charge is -2.06. The molecule has 0 spiro atoms. The third kappa shape index (κ3) is 2.89. The van der Waals surface area contributed by atoms with E-state index in [-0.39, 0.29) is 11.4 Å². The average molecular weight is 313 g/mol. The van der Waals surface area contributed by atoms with E-state index in [1.54, 1.807) is 0 Å². The van der Waals surface area contributed by atoms with Crippen LogP contribution in [0.15, 0.2) is 40.9 Å². The maximum absolute atomic E-state index is 13.0. The molecular formula is C12H7BrF2N2O. The average Bonchev–Trinajstić information content (AvgIpc) is 2.34. The molecule has 6 heteroatoms. The number of nitrogens with zero attached hydrogens (tertiary/aromatic N) is 1. The second-order valence-electron chi connectivity index (χ2n) is 3.42. The van der Waals surface area contributed by atoms with Gasteiger partial charge in [-0.25, -0.2) is 9.37 Å². The number of hydrogen-bond donors (Lipinski definition) is 1. The third-order valence-corrected chi connectivity index (χ3v) is 2.82. The fourth-order valence-corrected chi connectivity index (χ4v) is 1.66. The number of amides is 1. The van der Waals surface area contributed by atoms with E-state index in [4.69, 9.17) is 0 Å². The molecule has 92 valence electrons. The maximum Gasteiger partial charge on any atom is 0.274 e. The summed E-state index contributed by atoms with van der Waals surface area (Å²) in [6.45, 7) is 0. The molecule has 0 saturated carbocycles. The smallest absolute Gasteiger partial charge is 0.274 e. The first-order valence-corrected chi connectivity index (χ1v) is 5.74. The zero-order valence-corrected chi connectivity index (χ0v) is 10.5. The Morgan fingerprint density at radius 3 is 2.72 bits per heavy atom. The number of rotatable bonds is 2. The highest BCUT2D eigenvalue weighted by Crippen LogP contribution is 2.23. The Labute approximate surface area is 110 Å². The van der Waals surface area contributed by atoms with Gasteiger partial charge >= 0.3 is 0 Å². The van der Waals surface area contributed by atoms with Crippen LogP contribution in [-0.4, -0.2) is 10.9 Å². The summed E-state index contributed by atoms with van der Waals surface area (Å²) < 4.78 is 26.4. The predicted octanol–water partition coefficient (Wildman–Crippen LogP) is 3.37. The molecular weight excluding hydrogens is 306 g/mol. The lowest BCUT2D eigenvalue weighted by Crippen LogP contribution is -2.14. The monoisotopic (exact) mass is 312 g/mol. The van der Waals surface area contributed by atoms with Crippen LogP contribution in [-0.2, 0) is 0 Å². The minimum absolute atomic E-state index is 0.0776. The molecule has 0 fully saturated rings. The van der Waals surface area contributed by atoms with E-state index in [9.17, 15) is 13.6 Å². The highest BCUT2D eigenvalue weighted by Gasteiger charge is 2.10. The molecule has 3 nitrogen and oxygen atoms in total. The van der Waals surface area contributed by atoms with Gasteiger partial charge in [0.1, 0.15) is 11.5 Å². The minimum Gasteiger partial charge on any atom is -0.320 e. The van der Waals surface area contributed by atoms with Gasteiger partial charge in [0.2, 0.25) is 5.95 Å². The van der Waals surface area contributed by atoms with Crippen LogP contribution >= 0.6 is 15.9 Å². The number of halogens is 3. The highest BCUT2D eigenvalue weighted by atomic mass is 79.9. The van der Waals surface area contributed by atoms with Crippen molar-refractivity contribution >= 4 is 27.5 Å². The summed E-state index contributed by atoms with van der Waals surface area (Å²) in [5.74, 6) is -1.84. The van der Waals surface area contributed by atoms with Crippen LogP contribution in [0.4, 0.5) is 14.5 Å². The van der Waals surface area contributed by atoms with E-state index in [0.29, 0.717) is 4.47 Å². The summed E-state index contributed by atoms with van der Waals surface area (Å²) in [6.07, 6.45) is 0. The van der Waals surface area contributed by atoms with Gasteiger partial charge in [-0.1, -0.05) is 6.07 Å². The Balaban J connectivity index is 2.24. The van der Waals surface area contributed by atoms with Crippen LogP contribution in [0.1, 0.15) is 10.5 Å². The van der Waals surface area contributed by atoms with Gasteiger partial charge in [-0.2, -0.15) is 4.39 Å². The van der Waals surface area contributed by atoms with Gasteiger partial charge in [-0.3, -0.25) is 4.79 Å². The number of hydrogen-bond acceptors (Lipinski definition) is 2. The molecule has 0 radical (unpaired) electrons. The molecule has 1 amide bonds. The molecule has 18 heavy (non-hydrogen) atoms. The molecule has 0 aliphatic rings. The van der Waals surface area contributed by atoms with Gasteiger partial charge in [-0.15, -0.1) is 0 Å². The molecule has 0 saturated heterocycles. The standard InChI is InChI=1S/C12H7BrF2N2O/c13-8-5-4-7(14)6-10(8)17-12(18)9-2-1-3-11(15)16-9/h1-6H,(H,17,18). The van der Waals surface area contributed by atoms with E-state index in [1.807, 2.05) is 0 Å². The van der Waals surface area contributed by atoms with Crippen molar-refractivity contribution in [2.45, 2.75) is 0 Å². The lowest BCUT2D eigenvalue weighted by molar-refractivity contribution is 0.102. The van der Waals surface area contributed by atoms with Crippen LogP contribution in [0.2, 0.25) is 0 Å². The Kier molecular flexibility index (Phi) is 3.66. The summed E-state index contributed by atoms with van der Waals surface area (Å²) in [7, 11) is 0. The Morgan fingerprint density at radius 1 is 1.22 bits per heavy atom. The molecule has 0 atom stereocenters. The molecule has 1 aromatic carbocycles. The first kappa shape index (κ1) is 12.6. The lowest BCUT2D eigenvalue weighted by atomic mass is 10.3. The first-order chi connectivity index (χ1) is 8.56. The van der Waals surface area contributed by atoms with Gasteiger partial charge in [0.15, 0.2) is 0 Å². The van der Waals surface area contributed by atoms with Crippen molar-refractivity contribution in [1.82, 2.24) is 4.98 Å². The molecule has 2 aromatic rings. The molecule has 0 aliphatic heterocycles. The molecule has 0 bridgehead atoms. The number of aromatic nitrogens is 1. The Morgan fingerprint density at radius 2 is 2.00 bits per heavy atom. The summed E-state index contributed by atoms with van der Waals surface area (Å²) in [5.41, 5.74) is 0.178. The topological polar surface area (TPSA) is 42.0 Å². The van der Waals surface area contributed by atoms with Gasteiger partial charge in [0.25, 0.3) is 5.91 Å².